The standard InChI is InChI=1S/C17H12ClNOS/c18-17(15-8-10-3-1-2-4-14(10)21-15)11-5-6-13-12(7-11)9-16(20)19-13/h1-8,17H,9H2,(H,19,20). The quantitative estimate of drug-likeness (QED) is 0.681. The lowest BCUT2D eigenvalue weighted by atomic mass is 10.0. The summed E-state index contributed by atoms with van der Waals surface area (Å²) in [6.45, 7) is 0. The molecular formula is C17H12ClNOS. The number of alkyl halides is 1. The zero-order valence-electron chi connectivity index (χ0n) is 11.1. The van der Waals surface area contributed by atoms with E-state index in [1.165, 1.54) is 10.1 Å². The van der Waals surface area contributed by atoms with E-state index in [0.29, 0.717) is 6.42 Å². The van der Waals surface area contributed by atoms with Crippen LogP contribution in [-0.4, -0.2) is 5.91 Å². The van der Waals surface area contributed by atoms with Crippen LogP contribution in [0.25, 0.3) is 10.1 Å². The first-order valence-electron chi connectivity index (χ1n) is 6.76. The predicted molar refractivity (Wildman–Crippen MR) is 88.3 cm³/mol. The molecule has 1 atom stereocenters. The van der Waals surface area contributed by atoms with Crippen LogP contribution in [0.4, 0.5) is 5.69 Å². The summed E-state index contributed by atoms with van der Waals surface area (Å²) in [6, 6.07) is 16.4. The molecule has 1 aromatic heterocycles. The number of anilines is 1. The van der Waals surface area contributed by atoms with Crippen LogP contribution in [0, 0.1) is 0 Å². The van der Waals surface area contributed by atoms with Crippen molar-refractivity contribution in [2.45, 2.75) is 11.8 Å². The van der Waals surface area contributed by atoms with Gasteiger partial charge in [-0.2, -0.15) is 0 Å². The molecule has 0 saturated heterocycles. The van der Waals surface area contributed by atoms with Crippen LogP contribution in [0.5, 0.6) is 0 Å². The number of hydrogen-bond acceptors (Lipinski definition) is 2. The molecule has 2 heterocycles. The van der Waals surface area contributed by atoms with Crippen molar-refractivity contribution in [1.82, 2.24) is 0 Å². The molecule has 4 heteroatoms. The van der Waals surface area contributed by atoms with Gasteiger partial charge in [0.2, 0.25) is 5.91 Å². The van der Waals surface area contributed by atoms with Crippen molar-refractivity contribution in [2.75, 3.05) is 5.32 Å². The van der Waals surface area contributed by atoms with Crippen molar-refractivity contribution >= 4 is 44.6 Å². The molecule has 1 aliphatic heterocycles. The van der Waals surface area contributed by atoms with Crippen molar-refractivity contribution in [3.63, 3.8) is 0 Å². The Kier molecular flexibility index (Phi) is 2.98. The Labute approximate surface area is 131 Å². The number of halogens is 1. The molecule has 0 aliphatic carbocycles. The van der Waals surface area contributed by atoms with Gasteiger partial charge in [0.05, 0.1) is 11.8 Å². The minimum Gasteiger partial charge on any atom is -0.326 e. The lowest BCUT2D eigenvalue weighted by Crippen LogP contribution is -2.03. The number of carbonyl (C=O) groups is 1. The van der Waals surface area contributed by atoms with E-state index in [0.717, 1.165) is 21.7 Å². The summed E-state index contributed by atoms with van der Waals surface area (Å²) < 4.78 is 1.25. The number of hydrogen-bond donors (Lipinski definition) is 1. The highest BCUT2D eigenvalue weighted by atomic mass is 35.5. The van der Waals surface area contributed by atoms with Gasteiger partial charge in [-0.05, 0) is 34.7 Å². The molecule has 3 aromatic rings. The molecular weight excluding hydrogens is 302 g/mol. The van der Waals surface area contributed by atoms with Gasteiger partial charge in [0.15, 0.2) is 0 Å². The average Bonchev–Trinajstić information content (AvgIpc) is 3.07. The van der Waals surface area contributed by atoms with Crippen molar-refractivity contribution in [1.29, 1.82) is 0 Å². The summed E-state index contributed by atoms with van der Waals surface area (Å²) in [5, 5.41) is 3.89. The van der Waals surface area contributed by atoms with Gasteiger partial charge >= 0.3 is 0 Å². The smallest absolute Gasteiger partial charge is 0.228 e. The third-order valence-corrected chi connectivity index (χ3v) is 5.54. The summed E-state index contributed by atoms with van der Waals surface area (Å²) in [4.78, 5) is 12.6. The number of fused-ring (bicyclic) bond motifs is 2. The van der Waals surface area contributed by atoms with Gasteiger partial charge in [0.25, 0.3) is 0 Å². The Balaban J connectivity index is 1.73. The molecule has 0 saturated carbocycles. The number of amides is 1. The van der Waals surface area contributed by atoms with Crippen LogP contribution in [0.15, 0.2) is 48.5 Å². The van der Waals surface area contributed by atoms with Gasteiger partial charge in [-0.25, -0.2) is 0 Å². The van der Waals surface area contributed by atoms with Crippen molar-refractivity contribution in [2.24, 2.45) is 0 Å². The Bertz CT molecular complexity index is 822. The molecule has 2 nitrogen and oxygen atoms in total. The fourth-order valence-corrected chi connectivity index (χ4v) is 4.10. The van der Waals surface area contributed by atoms with Crippen LogP contribution >= 0.6 is 22.9 Å². The number of thiophene rings is 1. The maximum atomic E-state index is 11.4. The van der Waals surface area contributed by atoms with Gasteiger partial charge in [0.1, 0.15) is 0 Å². The minimum atomic E-state index is -0.177. The maximum absolute atomic E-state index is 11.4. The molecule has 0 bridgehead atoms. The van der Waals surface area contributed by atoms with Crippen molar-refractivity contribution < 1.29 is 4.79 Å². The lowest BCUT2D eigenvalue weighted by molar-refractivity contribution is -0.115. The van der Waals surface area contributed by atoms with E-state index >= 15 is 0 Å². The van der Waals surface area contributed by atoms with Crippen LogP contribution in [0.2, 0.25) is 0 Å². The predicted octanol–water partition coefficient (Wildman–Crippen LogP) is 4.72. The lowest BCUT2D eigenvalue weighted by Gasteiger charge is -2.09. The molecule has 21 heavy (non-hydrogen) atoms. The minimum absolute atomic E-state index is 0.0511. The molecule has 0 radical (unpaired) electrons. The van der Waals surface area contributed by atoms with E-state index in [2.05, 4.69) is 23.5 Å². The highest BCUT2D eigenvalue weighted by molar-refractivity contribution is 7.19. The molecule has 2 aromatic carbocycles. The molecule has 0 fully saturated rings. The molecule has 104 valence electrons. The van der Waals surface area contributed by atoms with E-state index in [-0.39, 0.29) is 11.3 Å². The zero-order chi connectivity index (χ0) is 14.4. The van der Waals surface area contributed by atoms with Crippen molar-refractivity contribution in [3.05, 3.63) is 64.5 Å². The fraction of sp³-hybridized carbons (Fsp3) is 0.118. The number of benzene rings is 2. The van der Waals surface area contributed by atoms with Crippen molar-refractivity contribution in [3.8, 4) is 0 Å². The summed E-state index contributed by atoms with van der Waals surface area (Å²) in [6.07, 6.45) is 0.444. The average molecular weight is 314 g/mol. The summed E-state index contributed by atoms with van der Waals surface area (Å²) >= 11 is 8.37. The second-order valence-corrected chi connectivity index (χ2v) is 6.74. The molecule has 1 N–H and O–H groups in total. The molecule has 1 amide bonds. The first-order valence-corrected chi connectivity index (χ1v) is 8.01. The van der Waals surface area contributed by atoms with Crippen LogP contribution in [0.1, 0.15) is 21.4 Å². The molecule has 0 spiro atoms. The highest BCUT2D eigenvalue weighted by Gasteiger charge is 2.20. The van der Waals surface area contributed by atoms with E-state index in [1.54, 1.807) is 11.3 Å². The zero-order valence-corrected chi connectivity index (χ0v) is 12.7. The van der Waals surface area contributed by atoms with Crippen LogP contribution in [0.3, 0.4) is 0 Å². The Morgan fingerprint density at radius 2 is 2.00 bits per heavy atom. The SMILES string of the molecule is O=C1Cc2cc(C(Cl)c3cc4ccccc4s3)ccc2N1. The van der Waals surface area contributed by atoms with E-state index in [9.17, 15) is 4.79 Å². The highest BCUT2D eigenvalue weighted by Crippen LogP contribution is 2.38. The Morgan fingerprint density at radius 3 is 2.86 bits per heavy atom. The second-order valence-electron chi connectivity index (χ2n) is 5.19. The number of rotatable bonds is 2. The van der Waals surface area contributed by atoms with E-state index in [1.807, 2.05) is 30.3 Å². The molecule has 1 aliphatic rings. The van der Waals surface area contributed by atoms with Crippen LogP contribution in [-0.2, 0) is 11.2 Å². The van der Waals surface area contributed by atoms with E-state index < -0.39 is 0 Å². The van der Waals surface area contributed by atoms with Gasteiger partial charge in [-0.3, -0.25) is 4.79 Å². The van der Waals surface area contributed by atoms with Gasteiger partial charge in [-0.15, -0.1) is 22.9 Å². The fourth-order valence-electron chi connectivity index (χ4n) is 2.70. The third-order valence-electron chi connectivity index (χ3n) is 3.74. The molecule has 1 unspecified atom stereocenters. The third kappa shape index (κ3) is 2.23. The summed E-state index contributed by atoms with van der Waals surface area (Å²) in [5.74, 6) is 0.0511. The second kappa shape index (κ2) is 4.86. The first kappa shape index (κ1) is 12.9. The van der Waals surface area contributed by atoms with Gasteiger partial charge in [-0.1, -0.05) is 30.3 Å². The number of nitrogens with one attached hydrogen (secondary N) is 1. The maximum Gasteiger partial charge on any atom is 0.228 e. The van der Waals surface area contributed by atoms with Gasteiger partial charge < -0.3 is 5.32 Å². The summed E-state index contributed by atoms with van der Waals surface area (Å²) in [5.41, 5.74) is 2.98. The normalized spacial score (nSPS) is 15.0. The van der Waals surface area contributed by atoms with Crippen LogP contribution < -0.4 is 5.32 Å². The largest absolute Gasteiger partial charge is 0.326 e. The molecule has 4 rings (SSSR count). The van der Waals surface area contributed by atoms with Gasteiger partial charge in [0, 0.05) is 15.3 Å². The first-order chi connectivity index (χ1) is 10.2. The topological polar surface area (TPSA) is 29.1 Å². The number of carbonyl (C=O) groups excluding carboxylic acids is 1. The monoisotopic (exact) mass is 313 g/mol. The Hall–Kier alpha value is -1.84. The summed E-state index contributed by atoms with van der Waals surface area (Å²) in [7, 11) is 0. The Morgan fingerprint density at radius 1 is 1.14 bits per heavy atom. The van der Waals surface area contributed by atoms with E-state index in [4.69, 9.17) is 11.6 Å².